The van der Waals surface area contributed by atoms with E-state index < -0.39 is 46.4 Å². The molecular formula is C24H28O8. The van der Waals surface area contributed by atoms with E-state index in [1.807, 2.05) is 20.8 Å². The number of Topliss-reactive ketones (excluding diaryl/α,β-unsaturated/α-hetero) is 2. The quantitative estimate of drug-likeness (QED) is 0.609. The number of esters is 2. The Hall–Kier alpha value is -2.32. The molecule has 5 rings (SSSR count). The van der Waals surface area contributed by atoms with Gasteiger partial charge in [0.15, 0.2) is 5.78 Å². The number of ketones is 2. The third kappa shape index (κ3) is 2.62. The van der Waals surface area contributed by atoms with Crippen molar-refractivity contribution in [3.8, 4) is 0 Å². The summed E-state index contributed by atoms with van der Waals surface area (Å²) in [4.78, 5) is 51.3. The molecule has 1 saturated heterocycles. The summed E-state index contributed by atoms with van der Waals surface area (Å²) in [5.41, 5.74) is -3.81. The van der Waals surface area contributed by atoms with Gasteiger partial charge in [-0.3, -0.25) is 9.59 Å². The molecule has 0 amide bonds. The number of rotatable bonds is 1. The lowest BCUT2D eigenvalue weighted by Crippen LogP contribution is -2.57. The molecule has 2 saturated carbocycles. The lowest BCUT2D eigenvalue weighted by Gasteiger charge is -2.51. The normalized spacial score (nSPS) is 47.1. The van der Waals surface area contributed by atoms with Crippen LogP contribution in [0.25, 0.3) is 0 Å². The van der Waals surface area contributed by atoms with Gasteiger partial charge in [0.25, 0.3) is 0 Å². The van der Waals surface area contributed by atoms with Gasteiger partial charge in [0.1, 0.15) is 17.0 Å². The van der Waals surface area contributed by atoms with Gasteiger partial charge in [-0.2, -0.15) is 0 Å². The van der Waals surface area contributed by atoms with Crippen LogP contribution in [0.4, 0.5) is 0 Å². The van der Waals surface area contributed by atoms with Gasteiger partial charge in [-0.15, -0.1) is 0 Å². The Kier molecular flexibility index (Phi) is 4.29. The Morgan fingerprint density at radius 2 is 1.75 bits per heavy atom. The molecule has 5 aliphatic rings. The molecule has 1 N–H and O–H groups in total. The summed E-state index contributed by atoms with van der Waals surface area (Å²) >= 11 is 0. The highest BCUT2D eigenvalue weighted by Gasteiger charge is 2.73. The van der Waals surface area contributed by atoms with Crippen molar-refractivity contribution in [2.45, 2.75) is 77.0 Å². The molecule has 172 valence electrons. The number of hydrogen-bond donors (Lipinski definition) is 1. The third-order valence-corrected chi connectivity index (χ3v) is 8.60. The zero-order valence-corrected chi connectivity index (χ0v) is 18.7. The number of cyclic esters (lactones) is 2. The molecular weight excluding hydrogens is 416 g/mol. The van der Waals surface area contributed by atoms with Crippen LogP contribution in [0.5, 0.6) is 0 Å². The minimum absolute atomic E-state index is 0.0786. The van der Waals surface area contributed by atoms with Crippen LogP contribution in [0, 0.1) is 22.7 Å². The number of allylic oxidation sites excluding steroid dienone is 1. The summed E-state index contributed by atoms with van der Waals surface area (Å²) in [7, 11) is 0. The summed E-state index contributed by atoms with van der Waals surface area (Å²) in [6.07, 6.45) is 3.16. The van der Waals surface area contributed by atoms with Crippen LogP contribution in [0.3, 0.4) is 0 Å². The van der Waals surface area contributed by atoms with E-state index >= 15 is 0 Å². The highest BCUT2D eigenvalue weighted by molar-refractivity contribution is 6.01. The Morgan fingerprint density at radius 1 is 1.03 bits per heavy atom. The zero-order chi connectivity index (χ0) is 23.3. The van der Waals surface area contributed by atoms with E-state index in [0.29, 0.717) is 12.8 Å². The number of hydrogen-bond acceptors (Lipinski definition) is 8. The molecule has 3 aliphatic heterocycles. The first-order valence-electron chi connectivity index (χ1n) is 11.1. The average Bonchev–Trinajstić information content (AvgIpc) is 2.98. The fraction of sp³-hybridized carbons (Fsp3) is 0.667. The van der Waals surface area contributed by atoms with E-state index in [-0.39, 0.29) is 41.8 Å². The number of aliphatic hydroxyl groups is 1. The van der Waals surface area contributed by atoms with E-state index in [4.69, 9.17) is 14.2 Å². The minimum Gasteiger partial charge on any atom is -0.456 e. The predicted molar refractivity (Wildman–Crippen MR) is 109 cm³/mol. The molecule has 8 nitrogen and oxygen atoms in total. The summed E-state index contributed by atoms with van der Waals surface area (Å²) in [6, 6.07) is 0. The topological polar surface area (TPSA) is 116 Å². The summed E-state index contributed by atoms with van der Waals surface area (Å²) in [5, 5.41) is 10.3. The maximum absolute atomic E-state index is 14.0. The van der Waals surface area contributed by atoms with Crippen molar-refractivity contribution in [1.29, 1.82) is 0 Å². The Balaban J connectivity index is 1.67. The van der Waals surface area contributed by atoms with E-state index in [2.05, 4.69) is 0 Å². The zero-order valence-electron chi connectivity index (χ0n) is 18.7. The van der Waals surface area contributed by atoms with Crippen molar-refractivity contribution < 1.29 is 38.5 Å². The number of ether oxygens (including phenoxy) is 3. The van der Waals surface area contributed by atoms with Crippen molar-refractivity contribution in [2.24, 2.45) is 22.7 Å². The third-order valence-electron chi connectivity index (χ3n) is 8.60. The van der Waals surface area contributed by atoms with Gasteiger partial charge in [0.05, 0.1) is 11.5 Å². The summed E-state index contributed by atoms with van der Waals surface area (Å²) in [5.74, 6) is -2.19. The molecule has 2 aliphatic carbocycles. The fourth-order valence-electron chi connectivity index (χ4n) is 7.17. The van der Waals surface area contributed by atoms with Gasteiger partial charge >= 0.3 is 11.9 Å². The van der Waals surface area contributed by atoms with Crippen LogP contribution in [0.2, 0.25) is 0 Å². The lowest BCUT2D eigenvalue weighted by molar-refractivity contribution is -0.167. The van der Waals surface area contributed by atoms with E-state index in [9.17, 15) is 24.3 Å². The molecule has 1 spiro atoms. The van der Waals surface area contributed by atoms with Crippen molar-refractivity contribution in [3.63, 3.8) is 0 Å². The molecule has 0 unspecified atom stereocenters. The van der Waals surface area contributed by atoms with Gasteiger partial charge in [0, 0.05) is 42.4 Å². The maximum Gasteiger partial charge on any atom is 0.333 e. The smallest absolute Gasteiger partial charge is 0.333 e. The Morgan fingerprint density at radius 3 is 2.41 bits per heavy atom. The van der Waals surface area contributed by atoms with E-state index in [0.717, 1.165) is 0 Å². The number of carbonyl (C=O) groups excluding carboxylic acids is 4. The van der Waals surface area contributed by atoms with E-state index in [1.165, 1.54) is 12.2 Å². The van der Waals surface area contributed by atoms with Crippen LogP contribution in [-0.2, 0) is 33.4 Å². The lowest BCUT2D eigenvalue weighted by atomic mass is 9.52. The van der Waals surface area contributed by atoms with Gasteiger partial charge < -0.3 is 19.3 Å². The molecule has 0 aromatic carbocycles. The van der Waals surface area contributed by atoms with Gasteiger partial charge in [-0.05, 0) is 39.0 Å². The molecule has 2 bridgehead atoms. The van der Waals surface area contributed by atoms with Crippen LogP contribution >= 0.6 is 0 Å². The van der Waals surface area contributed by atoms with E-state index in [1.54, 1.807) is 13.0 Å². The predicted octanol–water partition coefficient (Wildman–Crippen LogP) is 1.79. The van der Waals surface area contributed by atoms with Gasteiger partial charge in [-0.1, -0.05) is 13.0 Å². The second-order valence-electron chi connectivity index (χ2n) is 10.9. The first kappa shape index (κ1) is 21.5. The first-order chi connectivity index (χ1) is 14.8. The van der Waals surface area contributed by atoms with Crippen molar-refractivity contribution in [2.75, 3.05) is 0 Å². The second kappa shape index (κ2) is 6.38. The average molecular weight is 444 g/mol. The molecule has 8 heteroatoms. The van der Waals surface area contributed by atoms with Crippen molar-refractivity contribution >= 4 is 23.5 Å². The first-order valence-corrected chi connectivity index (χ1v) is 11.1. The molecule has 0 radical (unpaired) electrons. The standard InChI is InChI=1S/C24H28O8/c1-21(2)15-9-12(25)11-24-14(22(15,3)8-6-16(26)31-21)5-7-23(4,20(24)29)18(32-24)13-10-17(27)30-19(13)28/h6,8,10,14-15,18-19,28H,5,7,9,11H2,1-4H3/t14-,15+,18-,19+,22-,23-,24-/m1/s1. The van der Waals surface area contributed by atoms with Gasteiger partial charge in [-0.25, -0.2) is 9.59 Å². The number of aliphatic hydroxyl groups excluding tert-OH is 1. The molecule has 0 aromatic heterocycles. The van der Waals surface area contributed by atoms with Crippen LogP contribution in [0.1, 0.15) is 53.4 Å². The van der Waals surface area contributed by atoms with Gasteiger partial charge in [0.2, 0.25) is 6.29 Å². The summed E-state index contributed by atoms with van der Waals surface area (Å²) in [6.45, 7) is 7.37. The summed E-state index contributed by atoms with van der Waals surface area (Å²) < 4.78 is 17.0. The van der Waals surface area contributed by atoms with Crippen molar-refractivity contribution in [3.05, 3.63) is 23.8 Å². The highest BCUT2D eigenvalue weighted by atomic mass is 16.6. The number of carbonyl (C=O) groups is 4. The van der Waals surface area contributed by atoms with Crippen LogP contribution < -0.4 is 0 Å². The Bertz CT molecular complexity index is 1010. The second-order valence-corrected chi connectivity index (χ2v) is 10.9. The van der Waals surface area contributed by atoms with Crippen molar-refractivity contribution in [1.82, 2.24) is 0 Å². The Labute approximate surface area is 186 Å². The minimum atomic E-state index is -1.47. The number of fused-ring (bicyclic) bond motifs is 3. The fourth-order valence-corrected chi connectivity index (χ4v) is 7.17. The maximum atomic E-state index is 14.0. The SMILES string of the molecule is CC1(C)OC(=O)C=C[C@]2(C)[C@H]3CC[C@@]4(C)C(=O)[C@]3(CC(=O)C[C@@H]12)O[C@@H]4C1=CC(=O)O[C@@H]1O. The molecule has 3 fully saturated rings. The molecule has 0 aromatic rings. The molecule has 3 heterocycles. The molecule has 32 heavy (non-hydrogen) atoms. The monoisotopic (exact) mass is 444 g/mol. The highest BCUT2D eigenvalue weighted by Crippen LogP contribution is 2.65. The molecule has 7 atom stereocenters. The van der Waals surface area contributed by atoms with Crippen LogP contribution in [-0.4, -0.2) is 52.2 Å². The van der Waals surface area contributed by atoms with Crippen LogP contribution in [0.15, 0.2) is 23.8 Å². The largest absolute Gasteiger partial charge is 0.456 e.